The number of aliphatic carboxylic acids is 2. The molecule has 220 valence electrons. The first-order chi connectivity index (χ1) is 18.8. The lowest BCUT2D eigenvalue weighted by atomic mass is 10.0. The van der Waals surface area contributed by atoms with Crippen molar-refractivity contribution in [2.45, 2.75) is 62.7 Å². The SMILES string of the molecule is NC(=O)CC(NC(=O)C(CCCN=C(N)N)NC(=O)C(N)Cc1ccccc1)C(=O)NC(CCC(=O)O)C(=O)O. The number of carbonyl (C=O) groups is 6. The van der Waals surface area contributed by atoms with E-state index in [4.69, 9.17) is 28.0 Å². The van der Waals surface area contributed by atoms with E-state index in [2.05, 4.69) is 20.9 Å². The van der Waals surface area contributed by atoms with Crippen molar-refractivity contribution < 1.29 is 39.0 Å². The number of aliphatic imine (C=N–C) groups is 1. The number of carbonyl (C=O) groups excluding carboxylic acids is 4. The number of carboxylic acids is 2. The molecule has 16 nitrogen and oxygen atoms in total. The van der Waals surface area contributed by atoms with E-state index in [1.165, 1.54) is 0 Å². The molecule has 16 heteroatoms. The fourth-order valence-electron chi connectivity index (χ4n) is 3.49. The minimum absolute atomic E-state index is 0.00762. The van der Waals surface area contributed by atoms with Gasteiger partial charge in [-0.05, 0) is 31.2 Å². The lowest BCUT2D eigenvalue weighted by Gasteiger charge is -2.24. The van der Waals surface area contributed by atoms with Crippen LogP contribution in [0.2, 0.25) is 0 Å². The van der Waals surface area contributed by atoms with E-state index in [9.17, 15) is 33.9 Å². The van der Waals surface area contributed by atoms with E-state index in [0.29, 0.717) is 0 Å². The molecule has 0 bridgehead atoms. The topological polar surface area (TPSA) is 295 Å². The van der Waals surface area contributed by atoms with E-state index in [1.54, 1.807) is 30.3 Å². The van der Waals surface area contributed by atoms with Gasteiger partial charge in [0.15, 0.2) is 5.96 Å². The van der Waals surface area contributed by atoms with Gasteiger partial charge in [0.05, 0.1) is 12.5 Å². The molecule has 40 heavy (non-hydrogen) atoms. The van der Waals surface area contributed by atoms with Gasteiger partial charge in [-0.15, -0.1) is 0 Å². The van der Waals surface area contributed by atoms with Crippen molar-refractivity contribution in [1.29, 1.82) is 0 Å². The summed E-state index contributed by atoms with van der Waals surface area (Å²) in [5, 5.41) is 25.0. The highest BCUT2D eigenvalue weighted by molar-refractivity contribution is 5.96. The third-order valence-electron chi connectivity index (χ3n) is 5.51. The van der Waals surface area contributed by atoms with Crippen LogP contribution in [-0.4, -0.2) is 82.5 Å². The Bertz CT molecular complexity index is 1080. The second-order valence-corrected chi connectivity index (χ2v) is 8.87. The predicted octanol–water partition coefficient (Wildman–Crippen LogP) is -3.11. The number of benzene rings is 1. The number of rotatable bonds is 18. The first kappa shape index (κ1) is 33.3. The van der Waals surface area contributed by atoms with Crippen molar-refractivity contribution in [1.82, 2.24) is 16.0 Å². The minimum Gasteiger partial charge on any atom is -0.481 e. The third kappa shape index (κ3) is 13.2. The normalized spacial score (nSPS) is 13.5. The highest BCUT2D eigenvalue weighted by Crippen LogP contribution is 2.06. The van der Waals surface area contributed by atoms with Gasteiger partial charge in [0.2, 0.25) is 23.6 Å². The van der Waals surface area contributed by atoms with Crippen molar-refractivity contribution in [3.63, 3.8) is 0 Å². The van der Waals surface area contributed by atoms with Crippen LogP contribution in [0.4, 0.5) is 0 Å². The number of nitrogens with one attached hydrogen (secondary N) is 3. The molecular weight excluding hydrogens is 528 g/mol. The number of guanidine groups is 1. The number of amides is 4. The van der Waals surface area contributed by atoms with E-state index in [1.807, 2.05) is 0 Å². The summed E-state index contributed by atoms with van der Waals surface area (Å²) in [5.41, 5.74) is 22.6. The lowest BCUT2D eigenvalue weighted by Crippen LogP contribution is -2.58. The van der Waals surface area contributed by atoms with Crippen LogP contribution >= 0.6 is 0 Å². The van der Waals surface area contributed by atoms with Crippen LogP contribution in [0.1, 0.15) is 37.7 Å². The smallest absolute Gasteiger partial charge is 0.326 e. The molecule has 0 heterocycles. The quantitative estimate of drug-likeness (QED) is 0.0488. The second kappa shape index (κ2) is 17.0. The summed E-state index contributed by atoms with van der Waals surface area (Å²) >= 11 is 0. The Morgan fingerprint density at radius 3 is 1.93 bits per heavy atom. The Kier molecular flexibility index (Phi) is 14.1. The molecule has 0 spiro atoms. The van der Waals surface area contributed by atoms with Crippen molar-refractivity contribution in [2.75, 3.05) is 6.54 Å². The van der Waals surface area contributed by atoms with Crippen LogP contribution in [0.5, 0.6) is 0 Å². The molecule has 0 saturated carbocycles. The van der Waals surface area contributed by atoms with E-state index >= 15 is 0 Å². The molecule has 4 amide bonds. The molecule has 0 saturated heterocycles. The summed E-state index contributed by atoms with van der Waals surface area (Å²) in [6, 6.07) is 3.42. The van der Waals surface area contributed by atoms with Crippen molar-refractivity contribution in [2.24, 2.45) is 27.9 Å². The standard InChI is InChI=1S/C24H36N8O8/c25-14(11-13-5-2-1-3-6-13)20(36)30-15(7-4-10-29-24(27)28)21(37)32-17(12-18(26)33)22(38)31-16(23(39)40)8-9-19(34)35/h1-3,5-6,14-17H,4,7-12,25H2,(H2,26,33)(H,30,36)(H,31,38)(H,32,37)(H,34,35)(H,39,40)(H4,27,28,29). The maximum absolute atomic E-state index is 13.1. The summed E-state index contributed by atoms with van der Waals surface area (Å²) in [6.07, 6.45) is -1.30. The molecule has 0 aliphatic heterocycles. The Balaban J connectivity index is 3.04. The average molecular weight is 565 g/mol. The number of hydrogen-bond acceptors (Lipinski definition) is 8. The summed E-state index contributed by atoms with van der Waals surface area (Å²) < 4.78 is 0. The summed E-state index contributed by atoms with van der Waals surface area (Å²) in [4.78, 5) is 76.4. The predicted molar refractivity (Wildman–Crippen MR) is 142 cm³/mol. The molecule has 0 aromatic heterocycles. The van der Waals surface area contributed by atoms with E-state index in [-0.39, 0.29) is 31.8 Å². The maximum atomic E-state index is 13.1. The molecule has 0 radical (unpaired) electrons. The van der Waals surface area contributed by atoms with Gasteiger partial charge in [-0.2, -0.15) is 0 Å². The van der Waals surface area contributed by atoms with Gasteiger partial charge in [-0.25, -0.2) is 4.79 Å². The van der Waals surface area contributed by atoms with Gasteiger partial charge in [0, 0.05) is 13.0 Å². The molecule has 0 aliphatic rings. The van der Waals surface area contributed by atoms with Crippen LogP contribution in [0.3, 0.4) is 0 Å². The molecule has 1 aromatic carbocycles. The van der Waals surface area contributed by atoms with Gasteiger partial charge < -0.3 is 49.1 Å². The second-order valence-electron chi connectivity index (χ2n) is 8.87. The number of nitrogens with two attached hydrogens (primary N) is 4. The van der Waals surface area contributed by atoms with Gasteiger partial charge in [0.1, 0.15) is 18.1 Å². The van der Waals surface area contributed by atoms with Gasteiger partial charge in [-0.1, -0.05) is 30.3 Å². The fourth-order valence-corrected chi connectivity index (χ4v) is 3.49. The van der Waals surface area contributed by atoms with Crippen LogP contribution in [-0.2, 0) is 35.2 Å². The molecule has 1 aromatic rings. The summed E-state index contributed by atoms with van der Waals surface area (Å²) in [7, 11) is 0. The highest BCUT2D eigenvalue weighted by atomic mass is 16.4. The zero-order chi connectivity index (χ0) is 30.2. The number of carboxylic acid groups (broad SMARTS) is 2. The van der Waals surface area contributed by atoms with Gasteiger partial charge in [-0.3, -0.25) is 29.0 Å². The van der Waals surface area contributed by atoms with E-state index < -0.39 is 79.0 Å². The van der Waals surface area contributed by atoms with Crippen LogP contribution in [0.25, 0.3) is 0 Å². The Hall–Kier alpha value is -4.73. The van der Waals surface area contributed by atoms with Crippen LogP contribution in [0, 0.1) is 0 Å². The zero-order valence-corrected chi connectivity index (χ0v) is 21.7. The van der Waals surface area contributed by atoms with E-state index in [0.717, 1.165) is 5.56 Å². The Morgan fingerprint density at radius 1 is 0.800 bits per heavy atom. The van der Waals surface area contributed by atoms with Crippen LogP contribution < -0.4 is 38.9 Å². The largest absolute Gasteiger partial charge is 0.481 e. The molecular formula is C24H36N8O8. The maximum Gasteiger partial charge on any atom is 0.326 e. The van der Waals surface area contributed by atoms with Gasteiger partial charge >= 0.3 is 11.9 Å². The third-order valence-corrected chi connectivity index (χ3v) is 5.51. The average Bonchev–Trinajstić information content (AvgIpc) is 2.87. The van der Waals surface area contributed by atoms with Crippen molar-refractivity contribution >= 4 is 41.5 Å². The fraction of sp³-hybridized carbons (Fsp3) is 0.458. The zero-order valence-electron chi connectivity index (χ0n) is 21.7. The van der Waals surface area contributed by atoms with Crippen LogP contribution in [0.15, 0.2) is 35.3 Å². The molecule has 13 N–H and O–H groups in total. The first-order valence-corrected chi connectivity index (χ1v) is 12.3. The first-order valence-electron chi connectivity index (χ1n) is 12.3. The number of nitrogens with zero attached hydrogens (tertiary/aromatic N) is 1. The van der Waals surface area contributed by atoms with Crippen molar-refractivity contribution in [3.8, 4) is 0 Å². The minimum atomic E-state index is -1.62. The number of primary amides is 1. The van der Waals surface area contributed by atoms with Gasteiger partial charge in [0.25, 0.3) is 0 Å². The molecule has 4 unspecified atom stereocenters. The van der Waals surface area contributed by atoms with Crippen molar-refractivity contribution in [3.05, 3.63) is 35.9 Å². The Labute approximate surface area is 229 Å². The summed E-state index contributed by atoms with van der Waals surface area (Å²) in [5.74, 6) is -6.61. The molecule has 0 aliphatic carbocycles. The highest BCUT2D eigenvalue weighted by Gasteiger charge is 2.31. The summed E-state index contributed by atoms with van der Waals surface area (Å²) in [6.45, 7) is 0.118. The Morgan fingerprint density at radius 2 is 1.38 bits per heavy atom. The monoisotopic (exact) mass is 564 g/mol. The number of hydrogen-bond donors (Lipinski definition) is 9. The molecule has 1 rings (SSSR count). The molecule has 0 fully saturated rings. The molecule has 4 atom stereocenters. The lowest BCUT2D eigenvalue weighted by molar-refractivity contribution is -0.143.